The average molecular weight is 404 g/mol. The van der Waals surface area contributed by atoms with E-state index in [1.807, 2.05) is 36.1 Å². The monoisotopic (exact) mass is 403 g/mol. The number of pyridine rings is 1. The first-order chi connectivity index (χ1) is 13.5. The predicted octanol–water partition coefficient (Wildman–Crippen LogP) is 1.73. The summed E-state index contributed by atoms with van der Waals surface area (Å²) in [6.07, 6.45) is 4.74. The van der Waals surface area contributed by atoms with Gasteiger partial charge in [-0.3, -0.25) is 9.59 Å². The Hall–Kier alpha value is -2.58. The number of aryl methyl sites for hydroxylation is 1. The summed E-state index contributed by atoms with van der Waals surface area (Å²) in [5, 5.41) is 5.66. The molecule has 0 aliphatic rings. The van der Waals surface area contributed by atoms with Crippen LogP contribution in [0.4, 0.5) is 11.4 Å². The van der Waals surface area contributed by atoms with Crippen molar-refractivity contribution in [2.75, 3.05) is 36.3 Å². The number of anilines is 2. The SMILES string of the molecule is COCCCSCC(=O)Nc1cc(N)cc(C(=O)NCc2cc[n+](C)cc2)c1. The van der Waals surface area contributed by atoms with Gasteiger partial charge in [-0.15, -0.1) is 0 Å². The molecule has 0 saturated carbocycles. The first-order valence-electron chi connectivity index (χ1n) is 8.97. The van der Waals surface area contributed by atoms with Crippen molar-refractivity contribution < 1.29 is 18.9 Å². The summed E-state index contributed by atoms with van der Waals surface area (Å²) in [6.45, 7) is 1.10. The van der Waals surface area contributed by atoms with Gasteiger partial charge in [0, 0.05) is 49.3 Å². The molecular weight excluding hydrogens is 376 g/mol. The van der Waals surface area contributed by atoms with Gasteiger partial charge in [0.05, 0.1) is 5.75 Å². The number of amides is 2. The molecule has 0 spiro atoms. The Morgan fingerprint density at radius 1 is 1.21 bits per heavy atom. The maximum atomic E-state index is 12.4. The minimum Gasteiger partial charge on any atom is -0.399 e. The molecule has 0 aliphatic heterocycles. The Morgan fingerprint density at radius 3 is 2.68 bits per heavy atom. The number of nitrogen functional groups attached to an aromatic ring is 1. The summed E-state index contributed by atoms with van der Waals surface area (Å²) in [5.74, 6) is 0.816. The van der Waals surface area contributed by atoms with Gasteiger partial charge in [-0.25, -0.2) is 4.57 Å². The van der Waals surface area contributed by atoms with Gasteiger partial charge in [0.25, 0.3) is 5.91 Å². The van der Waals surface area contributed by atoms with Crippen LogP contribution >= 0.6 is 11.8 Å². The van der Waals surface area contributed by atoms with Gasteiger partial charge in [-0.05, 0) is 35.9 Å². The number of rotatable bonds is 10. The van der Waals surface area contributed by atoms with Gasteiger partial charge in [0.15, 0.2) is 12.4 Å². The fraction of sp³-hybridized carbons (Fsp3) is 0.350. The molecule has 0 fully saturated rings. The number of nitrogens with two attached hydrogens (primary N) is 1. The highest BCUT2D eigenvalue weighted by Gasteiger charge is 2.10. The minimum atomic E-state index is -0.245. The zero-order chi connectivity index (χ0) is 20.4. The van der Waals surface area contributed by atoms with E-state index in [4.69, 9.17) is 10.5 Å². The third-order valence-corrected chi connectivity index (χ3v) is 4.92. The highest BCUT2D eigenvalue weighted by molar-refractivity contribution is 7.99. The molecule has 2 aromatic rings. The molecule has 0 saturated heterocycles. The molecule has 7 nitrogen and oxygen atoms in total. The second-order valence-electron chi connectivity index (χ2n) is 6.35. The van der Waals surface area contributed by atoms with E-state index in [1.54, 1.807) is 25.3 Å². The van der Waals surface area contributed by atoms with Crippen molar-refractivity contribution in [2.24, 2.45) is 7.05 Å². The summed E-state index contributed by atoms with van der Waals surface area (Å²) >= 11 is 1.54. The number of benzene rings is 1. The Bertz CT molecular complexity index is 797. The first kappa shape index (κ1) is 21.7. The number of carbonyl (C=O) groups excluding carboxylic acids is 2. The number of ether oxygens (including phenoxy) is 1. The number of carbonyl (C=O) groups is 2. The topological polar surface area (TPSA) is 97.3 Å². The fourth-order valence-corrected chi connectivity index (χ4v) is 3.18. The van der Waals surface area contributed by atoms with E-state index in [2.05, 4.69) is 10.6 Å². The third-order valence-electron chi connectivity index (χ3n) is 3.87. The number of nitrogens with zero attached hydrogens (tertiary/aromatic N) is 1. The summed E-state index contributed by atoms with van der Waals surface area (Å²) in [6, 6.07) is 8.74. The number of nitrogens with one attached hydrogen (secondary N) is 2. The van der Waals surface area contributed by atoms with Crippen molar-refractivity contribution in [3.05, 3.63) is 53.9 Å². The number of hydrogen-bond acceptors (Lipinski definition) is 5. The maximum absolute atomic E-state index is 12.4. The van der Waals surface area contributed by atoms with Crippen molar-refractivity contribution in [1.82, 2.24) is 5.32 Å². The average Bonchev–Trinajstić information content (AvgIpc) is 2.66. The van der Waals surface area contributed by atoms with Crippen LogP contribution in [0.2, 0.25) is 0 Å². The second-order valence-corrected chi connectivity index (χ2v) is 7.45. The van der Waals surface area contributed by atoms with Crippen molar-refractivity contribution in [1.29, 1.82) is 0 Å². The molecule has 28 heavy (non-hydrogen) atoms. The van der Waals surface area contributed by atoms with Gasteiger partial charge in [0.2, 0.25) is 5.91 Å². The maximum Gasteiger partial charge on any atom is 0.251 e. The molecule has 0 radical (unpaired) electrons. The van der Waals surface area contributed by atoms with E-state index in [9.17, 15) is 9.59 Å². The van der Waals surface area contributed by atoms with Crippen LogP contribution in [0.1, 0.15) is 22.3 Å². The van der Waals surface area contributed by atoms with Gasteiger partial charge < -0.3 is 21.1 Å². The van der Waals surface area contributed by atoms with Crippen LogP contribution in [-0.4, -0.2) is 37.0 Å². The van der Waals surface area contributed by atoms with Crippen LogP contribution in [-0.2, 0) is 23.1 Å². The van der Waals surface area contributed by atoms with E-state index in [-0.39, 0.29) is 11.8 Å². The Kier molecular flexibility index (Phi) is 8.77. The molecule has 4 N–H and O–H groups in total. The van der Waals surface area contributed by atoms with Crippen molar-refractivity contribution in [3.8, 4) is 0 Å². The minimum absolute atomic E-state index is 0.128. The Morgan fingerprint density at radius 2 is 1.96 bits per heavy atom. The van der Waals surface area contributed by atoms with Crippen LogP contribution in [0.3, 0.4) is 0 Å². The van der Waals surface area contributed by atoms with Gasteiger partial charge in [-0.1, -0.05) is 0 Å². The number of thioether (sulfide) groups is 1. The molecular formula is C20H27N4O3S+. The van der Waals surface area contributed by atoms with Crippen molar-refractivity contribution >= 4 is 35.0 Å². The molecule has 8 heteroatoms. The van der Waals surface area contributed by atoms with E-state index < -0.39 is 0 Å². The lowest BCUT2D eigenvalue weighted by molar-refractivity contribution is -0.671. The quantitative estimate of drug-likeness (QED) is 0.319. The van der Waals surface area contributed by atoms with Crippen LogP contribution in [0.15, 0.2) is 42.7 Å². The standard InChI is InChI=1S/C20H26N4O3S/c1-24-6-4-15(5-7-24)13-22-20(26)16-10-17(21)12-18(11-16)23-19(25)14-28-9-3-8-27-2/h4-7,10-12H,3,8-9,13-14,21H2,1-2H3,(H-,22,23,25,26)/p+1. The number of hydrogen-bond donors (Lipinski definition) is 3. The van der Waals surface area contributed by atoms with Crippen molar-refractivity contribution in [2.45, 2.75) is 13.0 Å². The summed E-state index contributed by atoms with van der Waals surface area (Å²) in [7, 11) is 3.59. The molecule has 1 aromatic carbocycles. The zero-order valence-corrected chi connectivity index (χ0v) is 17.1. The first-order valence-corrected chi connectivity index (χ1v) is 10.1. The van der Waals surface area contributed by atoms with E-state index in [0.29, 0.717) is 35.8 Å². The molecule has 2 amide bonds. The van der Waals surface area contributed by atoms with E-state index >= 15 is 0 Å². The number of aromatic nitrogens is 1. The van der Waals surface area contributed by atoms with Gasteiger partial charge in [-0.2, -0.15) is 11.8 Å². The lowest BCUT2D eigenvalue weighted by atomic mass is 10.1. The third kappa shape index (κ3) is 7.58. The van der Waals surface area contributed by atoms with Crippen LogP contribution in [0.5, 0.6) is 0 Å². The Balaban J connectivity index is 1.89. The van der Waals surface area contributed by atoms with Crippen molar-refractivity contribution in [3.63, 3.8) is 0 Å². The van der Waals surface area contributed by atoms with E-state index in [0.717, 1.165) is 17.7 Å². The number of methoxy groups -OCH3 is 1. The predicted molar refractivity (Wildman–Crippen MR) is 112 cm³/mol. The lowest BCUT2D eigenvalue weighted by Gasteiger charge is -2.10. The largest absolute Gasteiger partial charge is 0.399 e. The highest BCUT2D eigenvalue weighted by Crippen LogP contribution is 2.17. The molecule has 150 valence electrons. The normalized spacial score (nSPS) is 10.5. The second kappa shape index (κ2) is 11.3. The molecule has 0 atom stereocenters. The molecule has 1 heterocycles. The molecule has 2 rings (SSSR count). The molecule has 1 aromatic heterocycles. The summed E-state index contributed by atoms with van der Waals surface area (Å²) < 4.78 is 6.90. The lowest BCUT2D eigenvalue weighted by Crippen LogP contribution is -2.27. The van der Waals surface area contributed by atoms with Crippen LogP contribution in [0.25, 0.3) is 0 Å². The molecule has 0 aliphatic carbocycles. The summed E-state index contributed by atoms with van der Waals surface area (Å²) in [5.41, 5.74) is 8.23. The van der Waals surface area contributed by atoms with Crippen LogP contribution in [0, 0.1) is 0 Å². The van der Waals surface area contributed by atoms with Gasteiger partial charge in [0.1, 0.15) is 7.05 Å². The summed E-state index contributed by atoms with van der Waals surface area (Å²) in [4.78, 5) is 24.5. The Labute approximate surface area is 169 Å². The smallest absolute Gasteiger partial charge is 0.251 e. The van der Waals surface area contributed by atoms with E-state index in [1.165, 1.54) is 11.8 Å². The van der Waals surface area contributed by atoms with Gasteiger partial charge >= 0.3 is 0 Å². The highest BCUT2D eigenvalue weighted by atomic mass is 32.2. The fourth-order valence-electron chi connectivity index (χ4n) is 2.46. The molecule has 0 bridgehead atoms. The van der Waals surface area contributed by atoms with Crippen LogP contribution < -0.4 is 20.9 Å². The zero-order valence-electron chi connectivity index (χ0n) is 16.2. The molecule has 0 unspecified atom stereocenters.